The van der Waals surface area contributed by atoms with Crippen LogP contribution in [0.2, 0.25) is 0 Å². The van der Waals surface area contributed by atoms with Gasteiger partial charge in [0.1, 0.15) is 0 Å². The Labute approximate surface area is 83.1 Å². The molecule has 0 aliphatic heterocycles. The highest BCUT2D eigenvalue weighted by Crippen LogP contribution is 2.53. The molecular weight excluding hydrogens is 156 g/mol. The van der Waals surface area contributed by atoms with E-state index >= 15 is 0 Å². The van der Waals surface area contributed by atoms with E-state index < -0.39 is 0 Å². The Hall–Kier alpha value is 0. The van der Waals surface area contributed by atoms with Crippen LogP contribution in [0.4, 0.5) is 0 Å². The minimum absolute atomic E-state index is 0.710. The first-order valence-corrected chi connectivity index (χ1v) is 6.11. The van der Waals surface area contributed by atoms with Crippen molar-refractivity contribution in [3.05, 3.63) is 5.92 Å². The highest BCUT2D eigenvalue weighted by molar-refractivity contribution is 5.07. The zero-order chi connectivity index (χ0) is 9.31. The summed E-state index contributed by atoms with van der Waals surface area (Å²) in [6, 6.07) is 0. The SMILES string of the molecule is CC[C]1CCCC1C1(C)CCCC1. The van der Waals surface area contributed by atoms with Crippen LogP contribution in [0.1, 0.15) is 65.2 Å². The summed E-state index contributed by atoms with van der Waals surface area (Å²) in [6.45, 7) is 4.90. The molecule has 0 saturated heterocycles. The Morgan fingerprint density at radius 3 is 2.54 bits per heavy atom. The molecule has 0 aromatic carbocycles. The van der Waals surface area contributed by atoms with Crippen LogP contribution in [-0.2, 0) is 0 Å². The maximum absolute atomic E-state index is 2.55. The molecule has 2 saturated carbocycles. The quantitative estimate of drug-likeness (QED) is 0.591. The van der Waals surface area contributed by atoms with E-state index in [9.17, 15) is 0 Å². The molecule has 2 aliphatic carbocycles. The Bertz CT molecular complexity index is 165. The molecule has 0 heteroatoms. The molecule has 0 N–H and O–H groups in total. The summed E-state index contributed by atoms with van der Waals surface area (Å²) < 4.78 is 0. The summed E-state index contributed by atoms with van der Waals surface area (Å²) in [5.74, 6) is 2.89. The van der Waals surface area contributed by atoms with Crippen LogP contribution in [0.15, 0.2) is 0 Å². The molecular formula is C13H23. The molecule has 0 amide bonds. The Kier molecular flexibility index (Phi) is 2.67. The molecule has 0 bridgehead atoms. The molecule has 2 rings (SSSR count). The van der Waals surface area contributed by atoms with Crippen molar-refractivity contribution in [3.63, 3.8) is 0 Å². The number of rotatable bonds is 2. The molecule has 1 unspecified atom stereocenters. The van der Waals surface area contributed by atoms with E-state index in [0.29, 0.717) is 5.41 Å². The van der Waals surface area contributed by atoms with Crippen molar-refractivity contribution in [1.82, 2.24) is 0 Å². The van der Waals surface area contributed by atoms with E-state index in [1.54, 1.807) is 0 Å². The largest absolute Gasteiger partial charge is 0.0648 e. The lowest BCUT2D eigenvalue weighted by Gasteiger charge is -2.35. The lowest BCUT2D eigenvalue weighted by Crippen LogP contribution is -2.25. The van der Waals surface area contributed by atoms with Crippen molar-refractivity contribution < 1.29 is 0 Å². The van der Waals surface area contributed by atoms with Crippen LogP contribution in [-0.4, -0.2) is 0 Å². The predicted octanol–water partition coefficient (Wildman–Crippen LogP) is 4.35. The van der Waals surface area contributed by atoms with Gasteiger partial charge in [-0.25, -0.2) is 0 Å². The van der Waals surface area contributed by atoms with Gasteiger partial charge in [-0.05, 0) is 49.4 Å². The van der Waals surface area contributed by atoms with Gasteiger partial charge in [0.05, 0.1) is 0 Å². The molecule has 0 nitrogen and oxygen atoms in total. The van der Waals surface area contributed by atoms with Gasteiger partial charge in [-0.2, -0.15) is 0 Å². The van der Waals surface area contributed by atoms with Crippen molar-refractivity contribution in [3.8, 4) is 0 Å². The molecule has 1 radical (unpaired) electrons. The van der Waals surface area contributed by atoms with Crippen molar-refractivity contribution in [2.75, 3.05) is 0 Å². The van der Waals surface area contributed by atoms with Gasteiger partial charge in [0.25, 0.3) is 0 Å². The van der Waals surface area contributed by atoms with Gasteiger partial charge in [0.15, 0.2) is 0 Å². The standard InChI is InChI=1S/C13H23/c1-3-11-7-6-8-12(11)13(2)9-4-5-10-13/h12H,3-10H2,1-2H3. The summed E-state index contributed by atoms with van der Waals surface area (Å²) in [4.78, 5) is 0. The van der Waals surface area contributed by atoms with Crippen LogP contribution in [0.25, 0.3) is 0 Å². The number of hydrogen-bond donors (Lipinski definition) is 0. The first-order chi connectivity index (χ1) is 6.26. The first-order valence-electron chi connectivity index (χ1n) is 6.11. The maximum atomic E-state index is 2.55. The normalized spacial score (nSPS) is 34.2. The van der Waals surface area contributed by atoms with Crippen molar-refractivity contribution in [1.29, 1.82) is 0 Å². The fraction of sp³-hybridized carbons (Fsp3) is 0.923. The van der Waals surface area contributed by atoms with Crippen LogP contribution in [0.5, 0.6) is 0 Å². The first kappa shape index (κ1) is 9.55. The summed E-state index contributed by atoms with van der Waals surface area (Å²) in [6.07, 6.45) is 11.7. The average Bonchev–Trinajstić information content (AvgIpc) is 2.72. The lowest BCUT2D eigenvalue weighted by atomic mass is 9.70. The second-order valence-corrected chi connectivity index (χ2v) is 5.32. The fourth-order valence-electron chi connectivity index (χ4n) is 3.71. The third-order valence-corrected chi connectivity index (χ3v) is 4.52. The van der Waals surface area contributed by atoms with E-state index in [-0.39, 0.29) is 0 Å². The number of hydrogen-bond acceptors (Lipinski definition) is 0. The highest BCUT2D eigenvalue weighted by Gasteiger charge is 2.42. The summed E-state index contributed by atoms with van der Waals surface area (Å²) in [7, 11) is 0. The third kappa shape index (κ3) is 1.65. The van der Waals surface area contributed by atoms with Gasteiger partial charge in [-0.15, -0.1) is 0 Å². The van der Waals surface area contributed by atoms with Gasteiger partial charge in [-0.1, -0.05) is 33.1 Å². The van der Waals surface area contributed by atoms with Crippen molar-refractivity contribution in [2.45, 2.75) is 65.2 Å². The monoisotopic (exact) mass is 179 g/mol. The Morgan fingerprint density at radius 1 is 1.23 bits per heavy atom. The van der Waals surface area contributed by atoms with Gasteiger partial charge >= 0.3 is 0 Å². The average molecular weight is 179 g/mol. The molecule has 0 aromatic heterocycles. The molecule has 0 aromatic rings. The Morgan fingerprint density at radius 2 is 1.92 bits per heavy atom. The van der Waals surface area contributed by atoms with Crippen LogP contribution in [0, 0.1) is 17.3 Å². The van der Waals surface area contributed by atoms with Crippen molar-refractivity contribution in [2.24, 2.45) is 11.3 Å². The van der Waals surface area contributed by atoms with Crippen molar-refractivity contribution >= 4 is 0 Å². The molecule has 0 spiro atoms. The molecule has 75 valence electrons. The summed E-state index contributed by atoms with van der Waals surface area (Å²) in [5.41, 5.74) is 0.710. The van der Waals surface area contributed by atoms with E-state index in [1.807, 2.05) is 5.92 Å². The van der Waals surface area contributed by atoms with E-state index in [0.717, 1.165) is 5.92 Å². The smallest absolute Gasteiger partial charge is 0.0207 e. The second-order valence-electron chi connectivity index (χ2n) is 5.32. The van der Waals surface area contributed by atoms with Crippen LogP contribution in [0.3, 0.4) is 0 Å². The van der Waals surface area contributed by atoms with E-state index in [4.69, 9.17) is 0 Å². The molecule has 2 fully saturated rings. The molecule has 13 heavy (non-hydrogen) atoms. The predicted molar refractivity (Wildman–Crippen MR) is 57.5 cm³/mol. The third-order valence-electron chi connectivity index (χ3n) is 4.52. The van der Waals surface area contributed by atoms with Gasteiger partial charge in [0.2, 0.25) is 0 Å². The van der Waals surface area contributed by atoms with Gasteiger partial charge in [-0.3, -0.25) is 0 Å². The van der Waals surface area contributed by atoms with Crippen LogP contribution >= 0.6 is 0 Å². The molecule has 2 aliphatic rings. The van der Waals surface area contributed by atoms with E-state index in [2.05, 4.69) is 13.8 Å². The lowest BCUT2D eigenvalue weighted by molar-refractivity contribution is 0.208. The molecule has 0 heterocycles. The highest BCUT2D eigenvalue weighted by atomic mass is 14.5. The topological polar surface area (TPSA) is 0 Å². The minimum atomic E-state index is 0.710. The maximum Gasteiger partial charge on any atom is -0.0207 e. The van der Waals surface area contributed by atoms with E-state index in [1.165, 1.54) is 51.4 Å². The summed E-state index contributed by atoms with van der Waals surface area (Å²) >= 11 is 0. The minimum Gasteiger partial charge on any atom is -0.0648 e. The van der Waals surface area contributed by atoms with Crippen LogP contribution < -0.4 is 0 Å². The molecule has 1 atom stereocenters. The Balaban J connectivity index is 2.05. The summed E-state index contributed by atoms with van der Waals surface area (Å²) in [5, 5.41) is 0. The second kappa shape index (κ2) is 3.63. The fourth-order valence-corrected chi connectivity index (χ4v) is 3.71. The van der Waals surface area contributed by atoms with Gasteiger partial charge < -0.3 is 0 Å². The zero-order valence-electron chi connectivity index (χ0n) is 9.23. The zero-order valence-corrected chi connectivity index (χ0v) is 9.23. The van der Waals surface area contributed by atoms with Gasteiger partial charge in [0, 0.05) is 0 Å².